The zero-order valence-electron chi connectivity index (χ0n) is 15.7. The molecule has 27 heavy (non-hydrogen) atoms. The van der Waals surface area contributed by atoms with Gasteiger partial charge < -0.3 is 4.74 Å². The predicted molar refractivity (Wildman–Crippen MR) is 105 cm³/mol. The Morgan fingerprint density at radius 1 is 1.30 bits per heavy atom. The number of thioether (sulfide) groups is 1. The van der Waals surface area contributed by atoms with E-state index >= 15 is 0 Å². The predicted octanol–water partition coefficient (Wildman–Crippen LogP) is 4.04. The molecule has 0 saturated carbocycles. The molecule has 0 N–H and O–H groups in total. The first-order chi connectivity index (χ1) is 13.0. The SMILES string of the molecule is CCOC(=O)C(C#N)=C1c2ccccc2CCC1Sc1nc(C)cc(C)n1. The molecular weight excluding hydrogens is 358 g/mol. The molecule has 0 fully saturated rings. The summed E-state index contributed by atoms with van der Waals surface area (Å²) in [4.78, 5) is 21.5. The summed E-state index contributed by atoms with van der Waals surface area (Å²) in [6.07, 6.45) is 1.68. The van der Waals surface area contributed by atoms with Crippen LogP contribution >= 0.6 is 11.8 Å². The molecule has 1 atom stereocenters. The number of esters is 1. The Labute approximate surface area is 163 Å². The van der Waals surface area contributed by atoms with E-state index in [2.05, 4.69) is 16.0 Å². The third-order valence-electron chi connectivity index (χ3n) is 4.38. The molecule has 1 aromatic carbocycles. The highest BCUT2D eigenvalue weighted by atomic mass is 32.2. The molecule has 0 bridgehead atoms. The summed E-state index contributed by atoms with van der Waals surface area (Å²) in [7, 11) is 0. The van der Waals surface area contributed by atoms with Crippen LogP contribution < -0.4 is 0 Å². The van der Waals surface area contributed by atoms with Gasteiger partial charge in [-0.3, -0.25) is 0 Å². The number of aromatic nitrogens is 2. The Balaban J connectivity index is 2.09. The Morgan fingerprint density at radius 2 is 2.00 bits per heavy atom. The maximum absolute atomic E-state index is 12.4. The number of nitriles is 1. The molecule has 1 aliphatic rings. The summed E-state index contributed by atoms with van der Waals surface area (Å²) in [5, 5.41) is 10.3. The van der Waals surface area contributed by atoms with Crippen LogP contribution in [0.3, 0.4) is 0 Å². The zero-order chi connectivity index (χ0) is 19.4. The fourth-order valence-corrected chi connectivity index (χ4v) is 4.56. The molecular formula is C21H21N3O2S. The number of aryl methyl sites for hydroxylation is 3. The van der Waals surface area contributed by atoms with Crippen molar-refractivity contribution < 1.29 is 9.53 Å². The first-order valence-corrected chi connectivity index (χ1v) is 9.80. The lowest BCUT2D eigenvalue weighted by Gasteiger charge is -2.27. The second-order valence-corrected chi connectivity index (χ2v) is 7.53. The highest BCUT2D eigenvalue weighted by molar-refractivity contribution is 8.00. The van der Waals surface area contributed by atoms with Gasteiger partial charge in [-0.1, -0.05) is 36.0 Å². The molecule has 0 amide bonds. The van der Waals surface area contributed by atoms with E-state index in [-0.39, 0.29) is 17.4 Å². The number of hydrogen-bond acceptors (Lipinski definition) is 6. The molecule has 5 nitrogen and oxygen atoms in total. The van der Waals surface area contributed by atoms with E-state index in [9.17, 15) is 10.1 Å². The van der Waals surface area contributed by atoms with E-state index in [1.54, 1.807) is 6.92 Å². The van der Waals surface area contributed by atoms with E-state index in [0.29, 0.717) is 5.16 Å². The molecule has 1 heterocycles. The van der Waals surface area contributed by atoms with Crippen molar-refractivity contribution in [3.05, 3.63) is 58.4 Å². The van der Waals surface area contributed by atoms with Gasteiger partial charge in [0.15, 0.2) is 5.16 Å². The summed E-state index contributed by atoms with van der Waals surface area (Å²) >= 11 is 1.50. The van der Waals surface area contributed by atoms with Crippen LogP contribution in [0.2, 0.25) is 0 Å². The molecule has 6 heteroatoms. The fraction of sp³-hybridized carbons (Fsp3) is 0.333. The molecule has 0 spiro atoms. The quantitative estimate of drug-likeness (QED) is 0.345. The number of rotatable bonds is 4. The van der Waals surface area contributed by atoms with Crippen molar-refractivity contribution in [1.82, 2.24) is 9.97 Å². The van der Waals surface area contributed by atoms with Crippen molar-refractivity contribution in [2.45, 2.75) is 44.0 Å². The molecule has 1 aliphatic carbocycles. The van der Waals surface area contributed by atoms with Crippen LogP contribution in [-0.4, -0.2) is 27.8 Å². The van der Waals surface area contributed by atoms with Crippen molar-refractivity contribution in [1.29, 1.82) is 5.26 Å². The first kappa shape index (κ1) is 19.1. The largest absolute Gasteiger partial charge is 0.462 e. The number of benzene rings is 1. The average molecular weight is 379 g/mol. The lowest BCUT2D eigenvalue weighted by atomic mass is 9.84. The van der Waals surface area contributed by atoms with Gasteiger partial charge in [0.05, 0.1) is 6.61 Å². The van der Waals surface area contributed by atoms with Gasteiger partial charge in [0.25, 0.3) is 0 Å². The molecule has 2 aromatic rings. The van der Waals surface area contributed by atoms with Crippen LogP contribution in [0.5, 0.6) is 0 Å². The fourth-order valence-electron chi connectivity index (χ4n) is 3.31. The molecule has 138 valence electrons. The number of fused-ring (bicyclic) bond motifs is 1. The number of carbonyl (C=O) groups is 1. The topological polar surface area (TPSA) is 75.9 Å². The van der Waals surface area contributed by atoms with E-state index in [4.69, 9.17) is 4.74 Å². The highest BCUT2D eigenvalue weighted by Crippen LogP contribution is 2.41. The zero-order valence-corrected chi connectivity index (χ0v) is 16.5. The summed E-state index contributed by atoms with van der Waals surface area (Å²) in [5.74, 6) is -0.571. The maximum atomic E-state index is 12.4. The van der Waals surface area contributed by atoms with Crippen molar-refractivity contribution >= 4 is 23.3 Å². The minimum Gasteiger partial charge on any atom is -0.462 e. The summed E-state index contributed by atoms with van der Waals surface area (Å²) in [6, 6.07) is 11.9. The third-order valence-corrected chi connectivity index (χ3v) is 5.52. The smallest absolute Gasteiger partial charge is 0.349 e. The molecule has 0 radical (unpaired) electrons. The van der Waals surface area contributed by atoms with Crippen molar-refractivity contribution in [3.8, 4) is 6.07 Å². The van der Waals surface area contributed by atoms with Crippen LogP contribution in [-0.2, 0) is 16.0 Å². The monoisotopic (exact) mass is 379 g/mol. The summed E-state index contributed by atoms with van der Waals surface area (Å²) < 4.78 is 5.14. The lowest BCUT2D eigenvalue weighted by Crippen LogP contribution is -2.20. The molecule has 0 saturated heterocycles. The van der Waals surface area contributed by atoms with E-state index < -0.39 is 5.97 Å². The standard InChI is InChI=1S/C21H21N3O2S/c1-4-26-20(25)17(12-22)19-16-8-6-5-7-15(16)9-10-18(19)27-21-23-13(2)11-14(3)24-21/h5-8,11,18H,4,9-10H2,1-3H3. The van der Waals surface area contributed by atoms with Crippen LogP contribution in [0.1, 0.15) is 35.9 Å². The molecule has 3 rings (SSSR count). The number of nitrogens with zero attached hydrogens (tertiary/aromatic N) is 3. The van der Waals surface area contributed by atoms with Gasteiger partial charge in [-0.2, -0.15) is 5.26 Å². The maximum Gasteiger partial charge on any atom is 0.349 e. The lowest BCUT2D eigenvalue weighted by molar-refractivity contribution is -0.137. The van der Waals surface area contributed by atoms with Crippen molar-refractivity contribution in [3.63, 3.8) is 0 Å². The van der Waals surface area contributed by atoms with Gasteiger partial charge in [-0.15, -0.1) is 0 Å². The second-order valence-electron chi connectivity index (χ2n) is 6.36. The molecule has 1 aromatic heterocycles. The Morgan fingerprint density at radius 3 is 2.67 bits per heavy atom. The number of hydrogen-bond donors (Lipinski definition) is 0. The third kappa shape index (κ3) is 4.20. The van der Waals surface area contributed by atoms with Gasteiger partial charge >= 0.3 is 5.97 Å². The second kappa shape index (κ2) is 8.36. The Hall–Kier alpha value is -2.65. The van der Waals surface area contributed by atoms with Gasteiger partial charge in [-0.05, 0) is 56.4 Å². The highest BCUT2D eigenvalue weighted by Gasteiger charge is 2.31. The van der Waals surface area contributed by atoms with Crippen LogP contribution in [0.25, 0.3) is 5.57 Å². The van der Waals surface area contributed by atoms with Gasteiger partial charge in [0, 0.05) is 16.6 Å². The minimum absolute atomic E-state index is 0.0749. The number of carbonyl (C=O) groups excluding carboxylic acids is 1. The van der Waals surface area contributed by atoms with Gasteiger partial charge in [-0.25, -0.2) is 14.8 Å². The minimum atomic E-state index is -0.571. The van der Waals surface area contributed by atoms with Crippen LogP contribution in [0.15, 0.2) is 41.1 Å². The number of ether oxygens (including phenoxy) is 1. The van der Waals surface area contributed by atoms with Crippen molar-refractivity contribution in [2.75, 3.05) is 6.61 Å². The molecule has 1 unspecified atom stereocenters. The van der Waals surface area contributed by atoms with Crippen LogP contribution in [0.4, 0.5) is 0 Å². The Bertz CT molecular complexity index is 926. The van der Waals surface area contributed by atoms with E-state index in [1.165, 1.54) is 11.8 Å². The van der Waals surface area contributed by atoms with Crippen LogP contribution in [0, 0.1) is 25.2 Å². The average Bonchev–Trinajstić information content (AvgIpc) is 2.63. The molecule has 0 aliphatic heterocycles. The summed E-state index contributed by atoms with van der Waals surface area (Å²) in [5.41, 5.74) is 4.68. The van der Waals surface area contributed by atoms with Gasteiger partial charge in [0.2, 0.25) is 0 Å². The van der Waals surface area contributed by atoms with Gasteiger partial charge in [0.1, 0.15) is 11.6 Å². The van der Waals surface area contributed by atoms with E-state index in [1.807, 2.05) is 44.2 Å². The van der Waals surface area contributed by atoms with E-state index in [0.717, 1.165) is 40.9 Å². The first-order valence-electron chi connectivity index (χ1n) is 8.92. The van der Waals surface area contributed by atoms with Crippen molar-refractivity contribution in [2.24, 2.45) is 0 Å². The summed E-state index contributed by atoms with van der Waals surface area (Å²) in [6.45, 7) is 5.84. The Kier molecular flexibility index (Phi) is 5.92. The normalized spacial score (nSPS) is 17.6.